The second-order valence-corrected chi connectivity index (χ2v) is 7.81. The molecule has 0 fully saturated rings. The number of thioether (sulfide) groups is 1. The Morgan fingerprint density at radius 2 is 1.91 bits per heavy atom. The molecule has 23 heavy (non-hydrogen) atoms. The number of amides is 2. The van der Waals surface area contributed by atoms with Crippen LogP contribution in [0, 0.1) is 5.92 Å². The average Bonchev–Trinajstić information content (AvgIpc) is 2.47. The summed E-state index contributed by atoms with van der Waals surface area (Å²) in [5, 5.41) is 6.24. The molecule has 1 aromatic rings. The van der Waals surface area contributed by atoms with Gasteiger partial charge in [0, 0.05) is 10.1 Å². The molecule has 5 nitrogen and oxygen atoms in total. The number of halogens is 1. The molecule has 1 rings (SSSR count). The number of benzene rings is 1. The third-order valence-corrected chi connectivity index (χ3v) is 4.61. The Morgan fingerprint density at radius 3 is 2.48 bits per heavy atom. The van der Waals surface area contributed by atoms with Crippen molar-refractivity contribution in [2.24, 2.45) is 11.7 Å². The predicted molar refractivity (Wildman–Crippen MR) is 96.9 cm³/mol. The van der Waals surface area contributed by atoms with Gasteiger partial charge in [0.15, 0.2) is 0 Å². The van der Waals surface area contributed by atoms with E-state index in [1.54, 1.807) is 30.0 Å². The van der Waals surface area contributed by atoms with Gasteiger partial charge in [-0.15, -0.1) is 11.8 Å². The quantitative estimate of drug-likeness (QED) is 0.655. The fourth-order valence-corrected chi connectivity index (χ4v) is 2.95. The predicted octanol–water partition coefficient (Wildman–Crippen LogP) is 2.88. The number of rotatable bonds is 7. The van der Waals surface area contributed by atoms with Crippen LogP contribution in [-0.4, -0.2) is 29.7 Å². The molecular weight excluding hydrogens is 334 g/mol. The molecule has 0 saturated carbocycles. The maximum atomic E-state index is 12.0. The summed E-state index contributed by atoms with van der Waals surface area (Å²) in [4.78, 5) is 24.6. The molecule has 0 aromatic heterocycles. The molecule has 4 N–H and O–H groups in total. The van der Waals surface area contributed by atoms with Crippen LogP contribution in [0.2, 0.25) is 5.02 Å². The molecule has 2 amide bonds. The lowest BCUT2D eigenvalue weighted by molar-refractivity contribution is -0.125. The normalized spacial score (nSPS) is 12.3. The standard InChI is InChI=1S/C16H24ClN3O2S/c1-9(2)14(18)16(22)19-8-13(21)20-12-7-5-6-11(17)15(12)23-10(3)4/h5-7,9-10,14H,8,18H2,1-4H3,(H,19,22)(H,20,21)/t14-/m0/s1. The summed E-state index contributed by atoms with van der Waals surface area (Å²) in [6.07, 6.45) is 0. The number of nitrogens with one attached hydrogen (secondary N) is 2. The van der Waals surface area contributed by atoms with Crippen molar-refractivity contribution in [2.75, 3.05) is 11.9 Å². The largest absolute Gasteiger partial charge is 0.346 e. The van der Waals surface area contributed by atoms with Crippen molar-refractivity contribution < 1.29 is 9.59 Å². The number of nitrogens with two attached hydrogens (primary N) is 1. The van der Waals surface area contributed by atoms with E-state index in [-0.39, 0.29) is 24.3 Å². The van der Waals surface area contributed by atoms with Gasteiger partial charge < -0.3 is 16.4 Å². The van der Waals surface area contributed by atoms with Gasteiger partial charge in [0.05, 0.1) is 23.3 Å². The second-order valence-electron chi connectivity index (χ2n) is 5.82. The van der Waals surface area contributed by atoms with E-state index in [0.717, 1.165) is 4.90 Å². The Labute approximate surface area is 146 Å². The third-order valence-electron chi connectivity index (χ3n) is 3.04. The van der Waals surface area contributed by atoms with Crippen molar-refractivity contribution in [3.05, 3.63) is 23.2 Å². The molecule has 0 spiro atoms. The third kappa shape index (κ3) is 6.41. The van der Waals surface area contributed by atoms with Gasteiger partial charge in [-0.1, -0.05) is 45.4 Å². The molecule has 0 aliphatic carbocycles. The highest BCUT2D eigenvalue weighted by molar-refractivity contribution is 8.00. The fourth-order valence-electron chi connectivity index (χ4n) is 1.75. The Bertz CT molecular complexity index is 564. The summed E-state index contributed by atoms with van der Waals surface area (Å²) < 4.78 is 0. The van der Waals surface area contributed by atoms with Crippen LogP contribution in [0.4, 0.5) is 5.69 Å². The number of anilines is 1. The van der Waals surface area contributed by atoms with Crippen molar-refractivity contribution in [2.45, 2.75) is 43.9 Å². The van der Waals surface area contributed by atoms with E-state index < -0.39 is 6.04 Å². The number of hydrogen-bond acceptors (Lipinski definition) is 4. The summed E-state index contributed by atoms with van der Waals surface area (Å²) in [6, 6.07) is 4.72. The van der Waals surface area contributed by atoms with Gasteiger partial charge in [-0.3, -0.25) is 9.59 Å². The minimum absolute atomic E-state index is 0.0139. The number of hydrogen-bond donors (Lipinski definition) is 3. The van der Waals surface area contributed by atoms with Crippen LogP contribution in [0.25, 0.3) is 0 Å². The molecule has 0 aliphatic rings. The lowest BCUT2D eigenvalue weighted by Crippen LogP contribution is -2.46. The molecule has 7 heteroatoms. The lowest BCUT2D eigenvalue weighted by atomic mass is 10.1. The van der Waals surface area contributed by atoms with Gasteiger partial charge in [0.2, 0.25) is 11.8 Å². The molecule has 128 valence electrons. The molecule has 1 aromatic carbocycles. The van der Waals surface area contributed by atoms with Gasteiger partial charge in [0.1, 0.15) is 0 Å². The zero-order valence-corrected chi connectivity index (χ0v) is 15.4. The first kappa shape index (κ1) is 19.8. The van der Waals surface area contributed by atoms with E-state index in [1.807, 2.05) is 27.7 Å². The molecule has 0 saturated heterocycles. The van der Waals surface area contributed by atoms with Crippen LogP contribution in [0.1, 0.15) is 27.7 Å². The maximum absolute atomic E-state index is 12.0. The Hall–Kier alpha value is -1.24. The molecular formula is C16H24ClN3O2S. The topological polar surface area (TPSA) is 84.2 Å². The molecule has 0 radical (unpaired) electrons. The van der Waals surface area contributed by atoms with Gasteiger partial charge in [-0.05, 0) is 18.1 Å². The van der Waals surface area contributed by atoms with Crippen molar-refractivity contribution in [1.29, 1.82) is 0 Å². The van der Waals surface area contributed by atoms with Gasteiger partial charge in [-0.2, -0.15) is 0 Å². The molecule has 0 bridgehead atoms. The van der Waals surface area contributed by atoms with Gasteiger partial charge in [0.25, 0.3) is 0 Å². The van der Waals surface area contributed by atoms with Crippen molar-refractivity contribution in [3.63, 3.8) is 0 Å². The Balaban J connectivity index is 2.68. The van der Waals surface area contributed by atoms with Crippen LogP contribution in [-0.2, 0) is 9.59 Å². The minimum atomic E-state index is -0.624. The zero-order chi connectivity index (χ0) is 17.6. The average molecular weight is 358 g/mol. The molecule has 1 atom stereocenters. The summed E-state index contributed by atoms with van der Waals surface area (Å²) in [5.74, 6) is -0.639. The van der Waals surface area contributed by atoms with Crippen LogP contribution < -0.4 is 16.4 Å². The highest BCUT2D eigenvalue weighted by Crippen LogP contribution is 2.36. The number of carbonyl (C=O) groups is 2. The summed E-state index contributed by atoms with van der Waals surface area (Å²) in [6.45, 7) is 7.68. The summed E-state index contributed by atoms with van der Waals surface area (Å²) >= 11 is 7.78. The van der Waals surface area contributed by atoms with E-state index in [2.05, 4.69) is 10.6 Å². The van der Waals surface area contributed by atoms with E-state index >= 15 is 0 Å². The fraction of sp³-hybridized carbons (Fsp3) is 0.500. The second kappa shape index (κ2) is 9.15. The van der Waals surface area contributed by atoms with Crippen molar-refractivity contribution in [3.8, 4) is 0 Å². The monoisotopic (exact) mass is 357 g/mol. The van der Waals surface area contributed by atoms with E-state index in [9.17, 15) is 9.59 Å². The highest BCUT2D eigenvalue weighted by atomic mass is 35.5. The lowest BCUT2D eigenvalue weighted by Gasteiger charge is -2.16. The van der Waals surface area contributed by atoms with Crippen molar-refractivity contribution >= 4 is 40.9 Å². The Morgan fingerprint density at radius 1 is 1.26 bits per heavy atom. The zero-order valence-electron chi connectivity index (χ0n) is 13.9. The van der Waals surface area contributed by atoms with Gasteiger partial charge in [-0.25, -0.2) is 0 Å². The summed E-state index contributed by atoms with van der Waals surface area (Å²) in [7, 11) is 0. The molecule has 0 unspecified atom stereocenters. The van der Waals surface area contributed by atoms with Crippen molar-refractivity contribution in [1.82, 2.24) is 5.32 Å². The first-order valence-corrected chi connectivity index (χ1v) is 8.76. The maximum Gasteiger partial charge on any atom is 0.243 e. The number of carbonyl (C=O) groups excluding carboxylic acids is 2. The van der Waals surface area contributed by atoms with Crippen LogP contribution in [0.3, 0.4) is 0 Å². The van der Waals surface area contributed by atoms with Gasteiger partial charge >= 0.3 is 0 Å². The van der Waals surface area contributed by atoms with Crippen LogP contribution in [0.5, 0.6) is 0 Å². The smallest absolute Gasteiger partial charge is 0.243 e. The van der Waals surface area contributed by atoms with Crippen LogP contribution in [0.15, 0.2) is 23.1 Å². The molecule has 0 aliphatic heterocycles. The van der Waals surface area contributed by atoms with E-state index in [4.69, 9.17) is 17.3 Å². The highest BCUT2D eigenvalue weighted by Gasteiger charge is 2.18. The van der Waals surface area contributed by atoms with E-state index in [0.29, 0.717) is 16.0 Å². The van der Waals surface area contributed by atoms with E-state index in [1.165, 1.54) is 0 Å². The summed E-state index contributed by atoms with van der Waals surface area (Å²) in [5.41, 5.74) is 6.38. The SMILES string of the molecule is CC(C)Sc1c(Cl)cccc1NC(=O)CNC(=O)[C@@H](N)C(C)C. The Kier molecular flexibility index (Phi) is 7.88. The first-order chi connectivity index (χ1) is 10.7. The first-order valence-electron chi connectivity index (χ1n) is 7.50. The molecule has 0 heterocycles. The minimum Gasteiger partial charge on any atom is -0.346 e. The van der Waals surface area contributed by atoms with Crippen LogP contribution >= 0.6 is 23.4 Å².